The molecule has 0 saturated carbocycles. The predicted octanol–water partition coefficient (Wildman–Crippen LogP) is 4.67. The number of carbonyl (C=O) groups is 2. The van der Waals surface area contributed by atoms with Crippen LogP contribution in [0.4, 0.5) is 13.2 Å². The van der Waals surface area contributed by atoms with Crippen molar-refractivity contribution in [3.05, 3.63) is 70.4 Å². The topological polar surface area (TPSA) is 89.5 Å². The first-order valence-electron chi connectivity index (χ1n) is 11.7. The van der Waals surface area contributed by atoms with Gasteiger partial charge in [0.2, 0.25) is 5.91 Å². The summed E-state index contributed by atoms with van der Waals surface area (Å²) < 4.78 is 39.7. The minimum absolute atomic E-state index is 0.0123. The molecule has 2 N–H and O–H groups in total. The van der Waals surface area contributed by atoms with Gasteiger partial charge in [0.25, 0.3) is 5.91 Å². The van der Waals surface area contributed by atoms with Crippen molar-refractivity contribution in [3.8, 4) is 17.0 Å². The highest BCUT2D eigenvalue weighted by molar-refractivity contribution is 6.00. The molecule has 7 nitrogen and oxygen atoms in total. The van der Waals surface area contributed by atoms with Crippen molar-refractivity contribution in [2.24, 2.45) is 0 Å². The molecule has 2 aliphatic heterocycles. The van der Waals surface area contributed by atoms with Crippen LogP contribution in [-0.2, 0) is 11.0 Å². The third-order valence-corrected chi connectivity index (χ3v) is 7.07. The Bertz CT molecular complexity index is 1330. The maximum Gasteiger partial charge on any atom is 0.416 e. The largest absolute Gasteiger partial charge is 0.507 e. The maximum absolute atomic E-state index is 13.6. The number of H-pyrrole nitrogens is 1. The van der Waals surface area contributed by atoms with Crippen molar-refractivity contribution in [2.45, 2.75) is 44.9 Å². The predicted molar refractivity (Wildman–Crippen MR) is 125 cm³/mol. The first-order chi connectivity index (χ1) is 17.1. The maximum atomic E-state index is 13.6. The number of aromatic amines is 1. The van der Waals surface area contributed by atoms with Crippen LogP contribution in [0.5, 0.6) is 5.75 Å². The van der Waals surface area contributed by atoms with Crippen LogP contribution in [0.3, 0.4) is 0 Å². The summed E-state index contributed by atoms with van der Waals surface area (Å²) in [6.45, 7) is 4.34. The Kier molecular flexibility index (Phi) is 5.77. The lowest BCUT2D eigenvalue weighted by Crippen LogP contribution is -2.47. The minimum Gasteiger partial charge on any atom is -0.507 e. The zero-order chi connectivity index (χ0) is 25.8. The second-order valence-corrected chi connectivity index (χ2v) is 9.35. The van der Waals surface area contributed by atoms with Crippen LogP contribution in [0.25, 0.3) is 11.3 Å². The van der Waals surface area contributed by atoms with E-state index in [2.05, 4.69) is 10.2 Å². The molecule has 36 heavy (non-hydrogen) atoms. The molecule has 1 fully saturated rings. The summed E-state index contributed by atoms with van der Waals surface area (Å²) >= 11 is 0. The number of halogens is 3. The Morgan fingerprint density at radius 2 is 1.78 bits per heavy atom. The highest BCUT2D eigenvalue weighted by atomic mass is 19.4. The fourth-order valence-corrected chi connectivity index (χ4v) is 5.23. The van der Waals surface area contributed by atoms with Crippen molar-refractivity contribution in [1.29, 1.82) is 0 Å². The van der Waals surface area contributed by atoms with Gasteiger partial charge in [-0.1, -0.05) is 23.8 Å². The molecule has 2 aliphatic rings. The van der Waals surface area contributed by atoms with Gasteiger partial charge in [0, 0.05) is 37.2 Å². The number of aromatic nitrogens is 2. The van der Waals surface area contributed by atoms with Crippen molar-refractivity contribution in [3.63, 3.8) is 0 Å². The quantitative estimate of drug-likeness (QED) is 0.550. The highest BCUT2D eigenvalue weighted by Crippen LogP contribution is 2.47. The number of aryl methyl sites for hydroxylation is 1. The Labute approximate surface area is 205 Å². The van der Waals surface area contributed by atoms with Gasteiger partial charge in [-0.25, -0.2) is 0 Å². The number of aromatic hydroxyl groups is 1. The number of nitrogens with one attached hydrogen (secondary N) is 1. The van der Waals surface area contributed by atoms with Gasteiger partial charge in [0.05, 0.1) is 11.6 Å². The standard InChI is InChI=1S/C26H25F3N4O3/c1-14-3-8-20(35)19(13-14)22-21-23(31-30-22)25(36)33(18-9-11-32(12-10-18)15(2)34)24(21)16-4-6-17(7-5-16)26(27,28)29/h3-8,13,18,24,35H,9-12H2,1-2H3,(H,30,31). The van der Waals surface area contributed by atoms with E-state index in [0.717, 1.165) is 17.7 Å². The van der Waals surface area contributed by atoms with Gasteiger partial charge >= 0.3 is 6.18 Å². The SMILES string of the molecule is CC(=O)N1CCC(N2C(=O)c3[nH]nc(-c4cc(C)ccc4O)c3C2c2ccc(C(F)(F)F)cc2)CC1. The number of phenolic OH excluding ortho intramolecular Hbond substituents is 1. The van der Waals surface area contributed by atoms with Gasteiger partial charge in [-0.3, -0.25) is 14.7 Å². The molecule has 0 radical (unpaired) electrons. The number of phenols is 1. The normalized spacial score (nSPS) is 18.6. The van der Waals surface area contributed by atoms with E-state index in [0.29, 0.717) is 48.3 Å². The van der Waals surface area contributed by atoms with E-state index in [1.54, 1.807) is 28.0 Å². The minimum atomic E-state index is -4.48. The van der Waals surface area contributed by atoms with Crippen LogP contribution >= 0.6 is 0 Å². The second kappa shape index (κ2) is 8.69. The number of nitrogens with zero attached hydrogens (tertiary/aromatic N) is 3. The molecule has 3 heterocycles. The third kappa shape index (κ3) is 4.00. The Morgan fingerprint density at radius 3 is 2.39 bits per heavy atom. The molecule has 2 aromatic carbocycles. The summed E-state index contributed by atoms with van der Waals surface area (Å²) in [7, 11) is 0. The Hall–Kier alpha value is -3.82. The third-order valence-electron chi connectivity index (χ3n) is 7.07. The molecular weight excluding hydrogens is 473 g/mol. The fraction of sp³-hybridized carbons (Fsp3) is 0.346. The smallest absolute Gasteiger partial charge is 0.416 e. The molecule has 0 bridgehead atoms. The number of benzene rings is 2. The van der Waals surface area contributed by atoms with E-state index in [1.165, 1.54) is 19.1 Å². The number of carbonyl (C=O) groups excluding carboxylic acids is 2. The van der Waals surface area contributed by atoms with E-state index >= 15 is 0 Å². The van der Waals surface area contributed by atoms with Crippen molar-refractivity contribution < 1.29 is 27.9 Å². The van der Waals surface area contributed by atoms with Gasteiger partial charge in [0.15, 0.2) is 0 Å². The first kappa shape index (κ1) is 23.9. The van der Waals surface area contributed by atoms with Gasteiger partial charge < -0.3 is 14.9 Å². The number of amides is 2. The summed E-state index contributed by atoms with van der Waals surface area (Å²) in [5, 5.41) is 17.7. The Morgan fingerprint density at radius 1 is 1.11 bits per heavy atom. The van der Waals surface area contributed by atoms with E-state index in [4.69, 9.17) is 0 Å². The number of hydrogen-bond acceptors (Lipinski definition) is 4. The Balaban J connectivity index is 1.61. The molecule has 1 saturated heterocycles. The fourth-order valence-electron chi connectivity index (χ4n) is 5.23. The molecular formula is C26H25F3N4O3. The van der Waals surface area contributed by atoms with Crippen LogP contribution < -0.4 is 0 Å². The van der Waals surface area contributed by atoms with E-state index in [-0.39, 0.29) is 29.3 Å². The molecule has 3 aromatic rings. The number of fused-ring (bicyclic) bond motifs is 1. The summed E-state index contributed by atoms with van der Waals surface area (Å²) in [4.78, 5) is 28.9. The summed E-state index contributed by atoms with van der Waals surface area (Å²) in [5.74, 6) is -0.351. The zero-order valence-electron chi connectivity index (χ0n) is 19.8. The molecule has 0 aliphatic carbocycles. The number of piperidine rings is 1. The average Bonchev–Trinajstić information content (AvgIpc) is 3.39. The van der Waals surface area contributed by atoms with Crippen molar-refractivity contribution in [2.75, 3.05) is 13.1 Å². The van der Waals surface area contributed by atoms with E-state index < -0.39 is 17.8 Å². The van der Waals surface area contributed by atoms with Crippen LogP contribution in [0, 0.1) is 6.92 Å². The number of rotatable bonds is 3. The molecule has 0 spiro atoms. The van der Waals surface area contributed by atoms with Crippen LogP contribution in [0.15, 0.2) is 42.5 Å². The summed E-state index contributed by atoms with van der Waals surface area (Å²) in [5.41, 5.74) is 2.21. The van der Waals surface area contributed by atoms with Crippen molar-refractivity contribution >= 4 is 11.8 Å². The van der Waals surface area contributed by atoms with Gasteiger partial charge in [0.1, 0.15) is 17.1 Å². The molecule has 2 amide bonds. The van der Waals surface area contributed by atoms with Crippen LogP contribution in [0.2, 0.25) is 0 Å². The molecule has 1 aromatic heterocycles. The molecule has 1 unspecified atom stereocenters. The average molecular weight is 499 g/mol. The lowest BCUT2D eigenvalue weighted by atomic mass is 9.92. The molecule has 1 atom stereocenters. The van der Waals surface area contributed by atoms with Gasteiger partial charge in [-0.15, -0.1) is 0 Å². The van der Waals surface area contributed by atoms with E-state index in [9.17, 15) is 27.9 Å². The van der Waals surface area contributed by atoms with E-state index in [1.807, 2.05) is 6.92 Å². The molecule has 10 heteroatoms. The van der Waals surface area contributed by atoms with Gasteiger partial charge in [-0.2, -0.15) is 18.3 Å². The lowest BCUT2D eigenvalue weighted by Gasteiger charge is -2.39. The molecule has 188 valence electrons. The summed E-state index contributed by atoms with van der Waals surface area (Å²) in [6.07, 6.45) is -3.39. The highest BCUT2D eigenvalue weighted by Gasteiger charge is 2.46. The van der Waals surface area contributed by atoms with Crippen LogP contribution in [-0.4, -0.2) is 56.0 Å². The molecule has 5 rings (SSSR count). The first-order valence-corrected chi connectivity index (χ1v) is 11.7. The number of likely N-dealkylation sites (tertiary alicyclic amines) is 1. The van der Waals surface area contributed by atoms with Gasteiger partial charge in [-0.05, 0) is 49.6 Å². The lowest BCUT2D eigenvalue weighted by molar-refractivity contribution is -0.137. The number of alkyl halides is 3. The number of hydrogen-bond donors (Lipinski definition) is 2. The van der Waals surface area contributed by atoms with Crippen molar-refractivity contribution in [1.82, 2.24) is 20.0 Å². The second-order valence-electron chi connectivity index (χ2n) is 9.35. The zero-order valence-corrected chi connectivity index (χ0v) is 19.8. The summed E-state index contributed by atoms with van der Waals surface area (Å²) in [6, 6.07) is 8.94. The monoisotopic (exact) mass is 498 g/mol. The van der Waals surface area contributed by atoms with Crippen LogP contribution in [0.1, 0.15) is 58.5 Å².